The Morgan fingerprint density at radius 2 is 1.83 bits per heavy atom. The van der Waals surface area contributed by atoms with Crippen molar-refractivity contribution < 1.29 is 9.59 Å². The van der Waals surface area contributed by atoms with Gasteiger partial charge in [-0.15, -0.1) is 23.1 Å². The molecule has 0 spiro atoms. The lowest BCUT2D eigenvalue weighted by atomic mass is 10.1. The van der Waals surface area contributed by atoms with E-state index in [-0.39, 0.29) is 11.2 Å². The number of primary amides is 1. The van der Waals surface area contributed by atoms with Crippen molar-refractivity contribution in [2.45, 2.75) is 37.8 Å². The molecule has 1 atom stereocenters. The van der Waals surface area contributed by atoms with Gasteiger partial charge < -0.3 is 11.1 Å². The molecule has 3 N–H and O–H groups in total. The topological polar surface area (TPSA) is 72.2 Å². The zero-order chi connectivity index (χ0) is 17.1. The molecule has 2 aromatic rings. The second-order valence-electron chi connectivity index (χ2n) is 5.50. The van der Waals surface area contributed by atoms with Crippen molar-refractivity contribution in [2.24, 2.45) is 5.73 Å². The van der Waals surface area contributed by atoms with Crippen LogP contribution >= 0.6 is 23.1 Å². The Kier molecular flexibility index (Phi) is 5.49. The van der Waals surface area contributed by atoms with E-state index in [4.69, 9.17) is 5.73 Å². The molecule has 0 saturated heterocycles. The van der Waals surface area contributed by atoms with E-state index in [1.807, 2.05) is 6.92 Å². The molecule has 1 aromatic carbocycles. The van der Waals surface area contributed by atoms with E-state index in [1.165, 1.54) is 39.8 Å². The minimum Gasteiger partial charge on any atom is -0.366 e. The molecule has 0 aliphatic carbocycles. The Labute approximate surface area is 144 Å². The van der Waals surface area contributed by atoms with Crippen LogP contribution in [0.1, 0.15) is 34.0 Å². The summed E-state index contributed by atoms with van der Waals surface area (Å²) in [5, 5.41) is 4.77. The summed E-state index contributed by atoms with van der Waals surface area (Å²) in [6.07, 6.45) is 0. The Balaban J connectivity index is 2.12. The fourth-order valence-electron chi connectivity index (χ4n) is 2.40. The average Bonchev–Trinajstić information content (AvgIpc) is 2.90. The lowest BCUT2D eigenvalue weighted by Crippen LogP contribution is -2.23. The van der Waals surface area contributed by atoms with Crippen molar-refractivity contribution in [3.8, 4) is 0 Å². The summed E-state index contributed by atoms with van der Waals surface area (Å²) in [4.78, 5) is 24.8. The van der Waals surface area contributed by atoms with E-state index in [1.54, 1.807) is 11.4 Å². The van der Waals surface area contributed by atoms with Crippen molar-refractivity contribution in [3.63, 3.8) is 0 Å². The first kappa shape index (κ1) is 17.6. The summed E-state index contributed by atoms with van der Waals surface area (Å²) in [7, 11) is 0. The standard InChI is InChI=1S/C17H20N2O2S2/c1-9-7-10(2)14(11(3)8-9)23-12(4)16(21)19-17-13(15(18)20)5-6-22-17/h5-8,12H,1-4H3,(H2,18,20)(H,19,21)/t12-/m1/s1. The molecule has 6 heteroatoms. The molecule has 0 fully saturated rings. The van der Waals surface area contributed by atoms with Crippen LogP contribution in [0, 0.1) is 20.8 Å². The third kappa shape index (κ3) is 4.14. The molecular formula is C17H20N2O2S2. The van der Waals surface area contributed by atoms with E-state index in [0.29, 0.717) is 10.6 Å². The molecule has 0 bridgehead atoms. The van der Waals surface area contributed by atoms with Crippen LogP contribution in [0.15, 0.2) is 28.5 Å². The third-order valence-corrected chi connectivity index (χ3v) is 5.71. The summed E-state index contributed by atoms with van der Waals surface area (Å²) < 4.78 is 0. The highest BCUT2D eigenvalue weighted by molar-refractivity contribution is 8.00. The summed E-state index contributed by atoms with van der Waals surface area (Å²) in [6.45, 7) is 8.03. The molecule has 0 saturated carbocycles. The first-order chi connectivity index (χ1) is 10.8. The van der Waals surface area contributed by atoms with Crippen molar-refractivity contribution >= 4 is 39.9 Å². The Morgan fingerprint density at radius 1 is 1.22 bits per heavy atom. The van der Waals surface area contributed by atoms with Gasteiger partial charge >= 0.3 is 0 Å². The molecule has 23 heavy (non-hydrogen) atoms. The maximum absolute atomic E-state index is 12.4. The van der Waals surface area contributed by atoms with Crippen LogP contribution in [0.3, 0.4) is 0 Å². The number of aryl methyl sites for hydroxylation is 3. The highest BCUT2D eigenvalue weighted by Crippen LogP contribution is 2.32. The smallest absolute Gasteiger partial charge is 0.251 e. The monoisotopic (exact) mass is 348 g/mol. The lowest BCUT2D eigenvalue weighted by Gasteiger charge is -2.16. The van der Waals surface area contributed by atoms with Gasteiger partial charge in [0.1, 0.15) is 5.00 Å². The zero-order valence-corrected chi connectivity index (χ0v) is 15.2. The number of amides is 2. The molecule has 0 unspecified atom stereocenters. The highest BCUT2D eigenvalue weighted by atomic mass is 32.2. The number of hydrogen-bond acceptors (Lipinski definition) is 4. The maximum atomic E-state index is 12.4. The van der Waals surface area contributed by atoms with Crippen LogP contribution in [0.5, 0.6) is 0 Å². The van der Waals surface area contributed by atoms with E-state index < -0.39 is 5.91 Å². The summed E-state index contributed by atoms with van der Waals surface area (Å²) in [5.41, 5.74) is 9.20. The van der Waals surface area contributed by atoms with Crippen molar-refractivity contribution in [3.05, 3.63) is 45.8 Å². The average molecular weight is 348 g/mol. The molecule has 1 aromatic heterocycles. The number of rotatable bonds is 5. The number of nitrogens with two attached hydrogens (primary N) is 1. The number of benzene rings is 1. The normalized spacial score (nSPS) is 12.0. The quantitative estimate of drug-likeness (QED) is 0.805. The summed E-state index contributed by atoms with van der Waals surface area (Å²) >= 11 is 2.82. The molecule has 1 heterocycles. The highest BCUT2D eigenvalue weighted by Gasteiger charge is 2.19. The first-order valence-corrected chi connectivity index (χ1v) is 8.98. The molecule has 0 aliphatic rings. The molecule has 122 valence electrons. The molecule has 0 radical (unpaired) electrons. The van der Waals surface area contributed by atoms with Crippen LogP contribution in [0.25, 0.3) is 0 Å². The second kappa shape index (κ2) is 7.19. The van der Waals surface area contributed by atoms with Gasteiger partial charge in [0.05, 0.1) is 10.8 Å². The van der Waals surface area contributed by atoms with E-state index in [2.05, 4.69) is 38.2 Å². The van der Waals surface area contributed by atoms with Gasteiger partial charge in [0.15, 0.2) is 0 Å². The van der Waals surface area contributed by atoms with Crippen molar-refractivity contribution in [2.75, 3.05) is 5.32 Å². The minimum atomic E-state index is -0.535. The van der Waals surface area contributed by atoms with Gasteiger partial charge in [0, 0.05) is 4.90 Å². The van der Waals surface area contributed by atoms with Crippen molar-refractivity contribution in [1.29, 1.82) is 0 Å². The number of thiophene rings is 1. The maximum Gasteiger partial charge on any atom is 0.251 e. The molecule has 4 nitrogen and oxygen atoms in total. The van der Waals surface area contributed by atoms with Gasteiger partial charge in [0.2, 0.25) is 5.91 Å². The van der Waals surface area contributed by atoms with Gasteiger partial charge in [0.25, 0.3) is 5.91 Å². The van der Waals surface area contributed by atoms with Gasteiger partial charge in [-0.1, -0.05) is 17.7 Å². The largest absolute Gasteiger partial charge is 0.366 e. The summed E-state index contributed by atoms with van der Waals surface area (Å²) in [5.74, 6) is -0.675. The van der Waals surface area contributed by atoms with Crippen molar-refractivity contribution in [1.82, 2.24) is 0 Å². The number of carbonyl (C=O) groups excluding carboxylic acids is 2. The second-order valence-corrected chi connectivity index (χ2v) is 7.77. The van der Waals surface area contributed by atoms with Gasteiger partial charge in [-0.3, -0.25) is 9.59 Å². The number of thioether (sulfide) groups is 1. The van der Waals surface area contributed by atoms with Crippen LogP contribution in [0.2, 0.25) is 0 Å². The Bertz CT molecular complexity index is 730. The lowest BCUT2D eigenvalue weighted by molar-refractivity contribution is -0.115. The molecule has 2 amide bonds. The molecule has 2 rings (SSSR count). The fraction of sp³-hybridized carbons (Fsp3) is 0.294. The number of anilines is 1. The zero-order valence-electron chi connectivity index (χ0n) is 13.6. The number of carbonyl (C=O) groups is 2. The van der Waals surface area contributed by atoms with Crippen LogP contribution in [0.4, 0.5) is 5.00 Å². The van der Waals surface area contributed by atoms with Crippen LogP contribution < -0.4 is 11.1 Å². The first-order valence-electron chi connectivity index (χ1n) is 7.22. The number of nitrogens with one attached hydrogen (secondary N) is 1. The van der Waals surface area contributed by atoms with E-state index >= 15 is 0 Å². The summed E-state index contributed by atoms with van der Waals surface area (Å²) in [6, 6.07) is 5.85. The SMILES string of the molecule is Cc1cc(C)c(S[C@H](C)C(=O)Nc2sccc2C(N)=O)c(C)c1. The predicted octanol–water partition coefficient (Wildman–Crippen LogP) is 3.89. The Morgan fingerprint density at radius 3 is 2.39 bits per heavy atom. The van der Waals surface area contributed by atoms with E-state index in [0.717, 1.165) is 4.90 Å². The number of hydrogen-bond donors (Lipinski definition) is 2. The van der Waals surface area contributed by atoms with E-state index in [9.17, 15) is 9.59 Å². The fourth-order valence-corrected chi connectivity index (χ4v) is 4.20. The van der Waals surface area contributed by atoms with Crippen LogP contribution in [-0.2, 0) is 4.79 Å². The molecular weight excluding hydrogens is 328 g/mol. The van der Waals surface area contributed by atoms with Gasteiger partial charge in [-0.25, -0.2) is 0 Å². The Hall–Kier alpha value is -1.79. The van der Waals surface area contributed by atoms with Gasteiger partial charge in [-0.05, 0) is 50.3 Å². The van der Waals surface area contributed by atoms with Crippen LogP contribution in [-0.4, -0.2) is 17.1 Å². The van der Waals surface area contributed by atoms with Gasteiger partial charge in [-0.2, -0.15) is 0 Å². The minimum absolute atomic E-state index is 0.140. The predicted molar refractivity (Wildman–Crippen MR) is 97.4 cm³/mol. The third-order valence-electron chi connectivity index (χ3n) is 3.44. The molecule has 0 aliphatic heterocycles.